The monoisotopic (exact) mass is 299 g/mol. The first-order chi connectivity index (χ1) is 10.7. The van der Waals surface area contributed by atoms with E-state index in [1.165, 1.54) is 0 Å². The van der Waals surface area contributed by atoms with E-state index < -0.39 is 0 Å². The number of carbonyl (C=O) groups is 2. The first-order valence-corrected chi connectivity index (χ1v) is 7.28. The molecule has 1 unspecified atom stereocenters. The lowest BCUT2D eigenvalue weighted by Crippen LogP contribution is -2.40. The molecular formula is C15H17N5O2. The zero-order valence-corrected chi connectivity index (χ0v) is 12.0. The van der Waals surface area contributed by atoms with Crippen molar-refractivity contribution in [2.75, 3.05) is 5.32 Å². The van der Waals surface area contributed by atoms with E-state index >= 15 is 0 Å². The summed E-state index contributed by atoms with van der Waals surface area (Å²) in [5, 5.41) is 13.4. The largest absolute Gasteiger partial charge is 0.353 e. The van der Waals surface area contributed by atoms with Crippen molar-refractivity contribution in [1.29, 1.82) is 0 Å². The highest BCUT2D eigenvalue weighted by atomic mass is 16.2. The highest BCUT2D eigenvalue weighted by Crippen LogP contribution is 2.13. The van der Waals surface area contributed by atoms with Gasteiger partial charge in [0.2, 0.25) is 11.8 Å². The Bertz CT molecular complexity index is 668. The van der Waals surface area contributed by atoms with Gasteiger partial charge in [-0.2, -0.15) is 0 Å². The molecule has 1 aliphatic heterocycles. The highest BCUT2D eigenvalue weighted by molar-refractivity contribution is 5.90. The molecule has 1 aromatic carbocycles. The molecular weight excluding hydrogens is 282 g/mol. The van der Waals surface area contributed by atoms with Crippen LogP contribution in [-0.2, 0) is 9.59 Å². The van der Waals surface area contributed by atoms with Gasteiger partial charge in [0.25, 0.3) is 0 Å². The standard InChI is InChI=1S/C15H17N5O2/c21-14-8-4-5-11(16-14)9-15(22)17-13-10-20(19-18-13)12-6-2-1-3-7-12/h1-3,6-7,10-11H,4-5,8-9H2,(H,16,21)(H,17,22). The second-order valence-corrected chi connectivity index (χ2v) is 5.29. The second kappa shape index (κ2) is 6.38. The number of piperidine rings is 1. The van der Waals surface area contributed by atoms with Crippen molar-refractivity contribution in [3.05, 3.63) is 36.5 Å². The maximum atomic E-state index is 12.0. The number of hydrogen-bond acceptors (Lipinski definition) is 4. The molecule has 0 radical (unpaired) electrons. The third-order valence-corrected chi connectivity index (χ3v) is 3.53. The molecule has 1 fully saturated rings. The third-order valence-electron chi connectivity index (χ3n) is 3.53. The Hall–Kier alpha value is -2.70. The van der Waals surface area contributed by atoms with Crippen molar-refractivity contribution in [3.63, 3.8) is 0 Å². The predicted molar refractivity (Wildman–Crippen MR) is 80.4 cm³/mol. The van der Waals surface area contributed by atoms with E-state index in [2.05, 4.69) is 20.9 Å². The first-order valence-electron chi connectivity index (χ1n) is 7.28. The fraction of sp³-hybridized carbons (Fsp3) is 0.333. The van der Waals surface area contributed by atoms with Crippen molar-refractivity contribution < 1.29 is 9.59 Å². The van der Waals surface area contributed by atoms with Crippen LogP contribution in [0.15, 0.2) is 36.5 Å². The van der Waals surface area contributed by atoms with Crippen LogP contribution < -0.4 is 10.6 Å². The Balaban J connectivity index is 1.58. The van der Waals surface area contributed by atoms with Crippen LogP contribution >= 0.6 is 0 Å². The Kier molecular flexibility index (Phi) is 4.13. The molecule has 0 aliphatic carbocycles. The van der Waals surface area contributed by atoms with E-state index in [0.29, 0.717) is 12.2 Å². The summed E-state index contributed by atoms with van der Waals surface area (Å²) in [6.07, 6.45) is 4.12. The fourth-order valence-corrected chi connectivity index (χ4v) is 2.48. The molecule has 3 rings (SSSR count). The van der Waals surface area contributed by atoms with Gasteiger partial charge in [0.15, 0.2) is 5.82 Å². The van der Waals surface area contributed by atoms with Crippen LogP contribution in [0.25, 0.3) is 5.69 Å². The van der Waals surface area contributed by atoms with Gasteiger partial charge in [0.05, 0.1) is 11.9 Å². The van der Waals surface area contributed by atoms with Gasteiger partial charge in [-0.25, -0.2) is 4.68 Å². The van der Waals surface area contributed by atoms with Crippen LogP contribution in [0.4, 0.5) is 5.82 Å². The van der Waals surface area contributed by atoms with Crippen LogP contribution in [0, 0.1) is 0 Å². The number of rotatable bonds is 4. The third kappa shape index (κ3) is 3.49. The zero-order valence-electron chi connectivity index (χ0n) is 12.0. The molecule has 0 saturated carbocycles. The topological polar surface area (TPSA) is 88.9 Å². The van der Waals surface area contributed by atoms with Gasteiger partial charge in [-0.15, -0.1) is 5.10 Å². The summed E-state index contributed by atoms with van der Waals surface area (Å²) in [4.78, 5) is 23.3. The van der Waals surface area contributed by atoms with E-state index in [1.54, 1.807) is 10.9 Å². The average Bonchev–Trinajstić information content (AvgIpc) is 2.96. The quantitative estimate of drug-likeness (QED) is 0.889. The molecule has 22 heavy (non-hydrogen) atoms. The first kappa shape index (κ1) is 14.2. The predicted octanol–water partition coefficient (Wildman–Crippen LogP) is 1.26. The van der Waals surface area contributed by atoms with Gasteiger partial charge in [-0.05, 0) is 25.0 Å². The van der Waals surface area contributed by atoms with Crippen molar-refractivity contribution in [2.24, 2.45) is 0 Å². The summed E-state index contributed by atoms with van der Waals surface area (Å²) in [5.41, 5.74) is 0.870. The summed E-state index contributed by atoms with van der Waals surface area (Å²) in [6, 6.07) is 9.43. The van der Waals surface area contributed by atoms with E-state index in [9.17, 15) is 9.59 Å². The van der Waals surface area contributed by atoms with Gasteiger partial charge >= 0.3 is 0 Å². The normalized spacial score (nSPS) is 17.8. The zero-order chi connectivity index (χ0) is 15.4. The lowest BCUT2D eigenvalue weighted by atomic mass is 10.0. The lowest BCUT2D eigenvalue weighted by Gasteiger charge is -2.22. The molecule has 114 valence electrons. The number of anilines is 1. The Morgan fingerprint density at radius 1 is 1.36 bits per heavy atom. The molecule has 2 aromatic rings. The summed E-state index contributed by atoms with van der Waals surface area (Å²) in [6.45, 7) is 0. The Morgan fingerprint density at radius 2 is 2.18 bits per heavy atom. The van der Waals surface area contributed by atoms with Crippen molar-refractivity contribution in [3.8, 4) is 5.69 Å². The van der Waals surface area contributed by atoms with Crippen LogP contribution in [0.5, 0.6) is 0 Å². The number of hydrogen-bond donors (Lipinski definition) is 2. The molecule has 1 aromatic heterocycles. The molecule has 1 atom stereocenters. The highest BCUT2D eigenvalue weighted by Gasteiger charge is 2.21. The minimum absolute atomic E-state index is 0.0130. The van der Waals surface area contributed by atoms with Crippen LogP contribution in [0.2, 0.25) is 0 Å². The number of nitrogens with zero attached hydrogens (tertiary/aromatic N) is 3. The van der Waals surface area contributed by atoms with Crippen LogP contribution in [0.1, 0.15) is 25.7 Å². The average molecular weight is 299 g/mol. The summed E-state index contributed by atoms with van der Waals surface area (Å²) in [5.74, 6) is 0.238. The molecule has 1 aliphatic rings. The van der Waals surface area contributed by atoms with Crippen molar-refractivity contribution >= 4 is 17.6 Å². The second-order valence-electron chi connectivity index (χ2n) is 5.29. The van der Waals surface area contributed by atoms with Gasteiger partial charge in [-0.3, -0.25) is 9.59 Å². The van der Waals surface area contributed by atoms with Gasteiger partial charge in [-0.1, -0.05) is 23.4 Å². The molecule has 2 heterocycles. The number of carbonyl (C=O) groups excluding carboxylic acids is 2. The minimum Gasteiger partial charge on any atom is -0.353 e. The molecule has 7 nitrogen and oxygen atoms in total. The fourth-order valence-electron chi connectivity index (χ4n) is 2.48. The van der Waals surface area contributed by atoms with Crippen molar-refractivity contribution in [1.82, 2.24) is 20.3 Å². The molecule has 0 bridgehead atoms. The molecule has 2 amide bonds. The van der Waals surface area contributed by atoms with Gasteiger partial charge in [0.1, 0.15) is 0 Å². The smallest absolute Gasteiger partial charge is 0.227 e. The van der Waals surface area contributed by atoms with E-state index in [0.717, 1.165) is 18.5 Å². The number of para-hydroxylation sites is 1. The van der Waals surface area contributed by atoms with E-state index in [-0.39, 0.29) is 24.3 Å². The van der Waals surface area contributed by atoms with Crippen LogP contribution in [0.3, 0.4) is 0 Å². The number of aromatic nitrogens is 3. The number of benzene rings is 1. The SMILES string of the molecule is O=C(CC1CCCC(=O)N1)Nc1cn(-c2ccccc2)nn1. The Labute approximate surface area is 127 Å². The summed E-state index contributed by atoms with van der Waals surface area (Å²) in [7, 11) is 0. The van der Waals surface area contributed by atoms with Crippen molar-refractivity contribution in [2.45, 2.75) is 31.7 Å². The summed E-state index contributed by atoms with van der Waals surface area (Å²) >= 11 is 0. The number of amides is 2. The van der Waals surface area contributed by atoms with E-state index in [1.807, 2.05) is 30.3 Å². The minimum atomic E-state index is -0.174. The lowest BCUT2D eigenvalue weighted by molar-refractivity contribution is -0.124. The van der Waals surface area contributed by atoms with Gasteiger partial charge in [0, 0.05) is 18.9 Å². The van der Waals surface area contributed by atoms with E-state index in [4.69, 9.17) is 0 Å². The Morgan fingerprint density at radius 3 is 2.95 bits per heavy atom. The molecule has 1 saturated heterocycles. The molecule has 2 N–H and O–H groups in total. The maximum absolute atomic E-state index is 12.0. The molecule has 0 spiro atoms. The maximum Gasteiger partial charge on any atom is 0.227 e. The number of nitrogens with one attached hydrogen (secondary N) is 2. The van der Waals surface area contributed by atoms with Gasteiger partial charge < -0.3 is 10.6 Å². The molecule has 7 heteroatoms. The van der Waals surface area contributed by atoms with Crippen LogP contribution in [-0.4, -0.2) is 32.9 Å². The summed E-state index contributed by atoms with van der Waals surface area (Å²) < 4.78 is 1.60.